The van der Waals surface area contributed by atoms with E-state index < -0.39 is 39.3 Å². The van der Waals surface area contributed by atoms with Gasteiger partial charge in [-0.1, -0.05) is 47.5 Å². The minimum Gasteiger partial charge on any atom is -0.357 e. The van der Waals surface area contributed by atoms with E-state index in [1.807, 2.05) is 0 Å². The fourth-order valence-electron chi connectivity index (χ4n) is 3.61. The average Bonchev–Trinajstić information content (AvgIpc) is 2.90. The summed E-state index contributed by atoms with van der Waals surface area (Å²) in [5, 5.41) is 14.2. The number of hydrogen-bond acceptors (Lipinski definition) is 6. The van der Waals surface area contributed by atoms with Crippen molar-refractivity contribution in [2.45, 2.75) is 24.4 Å². The summed E-state index contributed by atoms with van der Waals surface area (Å²) in [6, 6.07) is 15.9. The first kappa shape index (κ1) is 28.9. The Bertz CT molecular complexity index is 1440. The second-order valence-corrected chi connectivity index (χ2v) is 10.9. The van der Waals surface area contributed by atoms with Gasteiger partial charge in [0.15, 0.2) is 0 Å². The van der Waals surface area contributed by atoms with Crippen LogP contribution in [0.25, 0.3) is 0 Å². The van der Waals surface area contributed by atoms with Gasteiger partial charge in [0.1, 0.15) is 12.6 Å². The maximum atomic E-state index is 13.7. The molecule has 3 aromatic carbocycles. The largest absolute Gasteiger partial charge is 0.357 e. The summed E-state index contributed by atoms with van der Waals surface area (Å²) in [4.78, 5) is 37.8. The molecule has 2 amide bonds. The Morgan fingerprint density at radius 1 is 1.03 bits per heavy atom. The summed E-state index contributed by atoms with van der Waals surface area (Å²) < 4.78 is 28.1. The van der Waals surface area contributed by atoms with Crippen LogP contribution in [0.1, 0.15) is 12.5 Å². The van der Waals surface area contributed by atoms with Crippen molar-refractivity contribution in [3.05, 3.63) is 98.5 Å². The fraction of sp³-hybridized carbons (Fsp3) is 0.200. The van der Waals surface area contributed by atoms with Crippen molar-refractivity contribution in [1.82, 2.24) is 10.2 Å². The van der Waals surface area contributed by atoms with E-state index in [2.05, 4.69) is 5.32 Å². The molecule has 0 aliphatic heterocycles. The lowest BCUT2D eigenvalue weighted by Crippen LogP contribution is -2.50. The number of benzene rings is 3. The van der Waals surface area contributed by atoms with Crippen LogP contribution >= 0.6 is 23.2 Å². The third-order valence-corrected chi connectivity index (χ3v) is 8.10. The Balaban J connectivity index is 2.05. The van der Waals surface area contributed by atoms with E-state index in [1.54, 1.807) is 18.2 Å². The highest BCUT2D eigenvalue weighted by molar-refractivity contribution is 7.92. The highest BCUT2D eigenvalue weighted by atomic mass is 35.5. The van der Waals surface area contributed by atoms with E-state index in [0.29, 0.717) is 10.6 Å². The van der Waals surface area contributed by atoms with Crippen molar-refractivity contribution >= 4 is 56.4 Å². The Morgan fingerprint density at radius 3 is 2.21 bits per heavy atom. The second kappa shape index (κ2) is 12.2. The van der Waals surface area contributed by atoms with E-state index in [-0.39, 0.29) is 27.8 Å². The Labute approximate surface area is 230 Å². The van der Waals surface area contributed by atoms with Crippen molar-refractivity contribution < 1.29 is 22.9 Å². The molecule has 0 unspecified atom stereocenters. The van der Waals surface area contributed by atoms with Crippen molar-refractivity contribution in [1.29, 1.82) is 0 Å². The van der Waals surface area contributed by atoms with Gasteiger partial charge < -0.3 is 10.2 Å². The van der Waals surface area contributed by atoms with Crippen LogP contribution in [-0.4, -0.2) is 49.7 Å². The van der Waals surface area contributed by atoms with E-state index in [9.17, 15) is 28.1 Å². The number of nitro benzene ring substituents is 1. The maximum Gasteiger partial charge on any atom is 0.269 e. The number of carbonyl (C=O) groups is 2. The standard InChI is InChI=1S/C25H24Cl2N4O6S/c1-17(25(33)28-2)29(15-18-8-9-19(26)14-23(18)27)24(32)16-30(20-10-12-21(13-11-20)31(34)35)38(36,37)22-6-4-3-5-7-22/h3-14,17H,15-16H2,1-2H3,(H,28,33)/t17-/m1/s1. The summed E-state index contributed by atoms with van der Waals surface area (Å²) in [6.45, 7) is 0.701. The Kier molecular flexibility index (Phi) is 9.31. The predicted octanol–water partition coefficient (Wildman–Crippen LogP) is 4.26. The number of carbonyl (C=O) groups excluding carboxylic acids is 2. The molecule has 0 fully saturated rings. The zero-order chi connectivity index (χ0) is 28.0. The van der Waals surface area contributed by atoms with Gasteiger partial charge >= 0.3 is 0 Å². The number of likely N-dealkylation sites (N-methyl/N-ethyl adjacent to an activating group) is 1. The molecule has 0 heterocycles. The number of rotatable bonds is 10. The third kappa shape index (κ3) is 6.60. The van der Waals surface area contributed by atoms with Crippen molar-refractivity contribution in [3.63, 3.8) is 0 Å². The minimum absolute atomic E-state index is 0.0323. The molecule has 0 bridgehead atoms. The summed E-state index contributed by atoms with van der Waals surface area (Å²) in [5.74, 6) is -1.18. The van der Waals surface area contributed by atoms with Gasteiger partial charge in [-0.25, -0.2) is 8.42 Å². The maximum absolute atomic E-state index is 13.7. The molecule has 10 nitrogen and oxygen atoms in total. The van der Waals surface area contributed by atoms with Crippen LogP contribution in [0.15, 0.2) is 77.7 Å². The lowest BCUT2D eigenvalue weighted by Gasteiger charge is -2.32. The van der Waals surface area contributed by atoms with Crippen LogP contribution < -0.4 is 9.62 Å². The first-order valence-corrected chi connectivity index (χ1v) is 13.4. The minimum atomic E-state index is -4.28. The van der Waals surface area contributed by atoms with Crippen LogP contribution in [0.4, 0.5) is 11.4 Å². The number of anilines is 1. The van der Waals surface area contributed by atoms with Gasteiger partial charge in [0.05, 0.1) is 15.5 Å². The number of sulfonamides is 1. The highest BCUT2D eigenvalue weighted by Gasteiger charge is 2.32. The normalized spacial score (nSPS) is 11.9. The molecule has 0 aliphatic rings. The number of nitrogens with zero attached hydrogens (tertiary/aromatic N) is 3. The van der Waals surface area contributed by atoms with Gasteiger partial charge in [0.2, 0.25) is 11.8 Å². The Morgan fingerprint density at radius 2 is 1.66 bits per heavy atom. The number of non-ortho nitro benzene ring substituents is 1. The van der Waals surface area contributed by atoms with Crippen molar-refractivity contribution in [3.8, 4) is 0 Å². The summed E-state index contributed by atoms with van der Waals surface area (Å²) >= 11 is 12.3. The van der Waals surface area contributed by atoms with Crippen LogP contribution in [-0.2, 0) is 26.2 Å². The highest BCUT2D eigenvalue weighted by Crippen LogP contribution is 2.27. The second-order valence-electron chi connectivity index (χ2n) is 8.15. The molecule has 0 spiro atoms. The molecular formula is C25H24Cl2N4O6S. The van der Waals surface area contributed by atoms with E-state index in [0.717, 1.165) is 16.4 Å². The van der Waals surface area contributed by atoms with Crippen LogP contribution in [0, 0.1) is 10.1 Å². The Hall–Kier alpha value is -3.67. The first-order valence-electron chi connectivity index (χ1n) is 11.2. The molecule has 38 heavy (non-hydrogen) atoms. The third-order valence-electron chi connectivity index (χ3n) is 5.73. The molecule has 0 aliphatic carbocycles. The van der Waals surface area contributed by atoms with Crippen molar-refractivity contribution in [2.75, 3.05) is 17.9 Å². The lowest BCUT2D eigenvalue weighted by atomic mass is 10.1. The molecule has 0 radical (unpaired) electrons. The van der Waals surface area contributed by atoms with E-state index in [1.165, 1.54) is 61.3 Å². The quantitative estimate of drug-likeness (QED) is 0.282. The molecule has 0 saturated carbocycles. The van der Waals surface area contributed by atoms with E-state index in [4.69, 9.17) is 23.2 Å². The summed E-state index contributed by atoms with van der Waals surface area (Å²) in [5.41, 5.74) is 0.280. The number of amides is 2. The van der Waals surface area contributed by atoms with Gasteiger partial charge in [0, 0.05) is 35.8 Å². The predicted molar refractivity (Wildman–Crippen MR) is 145 cm³/mol. The van der Waals surface area contributed by atoms with Gasteiger partial charge in [-0.05, 0) is 48.9 Å². The zero-order valence-electron chi connectivity index (χ0n) is 20.4. The molecule has 13 heteroatoms. The van der Waals surface area contributed by atoms with Crippen LogP contribution in [0.5, 0.6) is 0 Å². The van der Waals surface area contributed by atoms with Crippen molar-refractivity contribution in [2.24, 2.45) is 0 Å². The number of hydrogen-bond donors (Lipinski definition) is 1. The summed E-state index contributed by atoms with van der Waals surface area (Å²) in [7, 11) is -2.87. The van der Waals surface area contributed by atoms with Gasteiger partial charge in [-0.2, -0.15) is 0 Å². The molecule has 200 valence electrons. The van der Waals surface area contributed by atoms with Crippen LogP contribution in [0.3, 0.4) is 0 Å². The van der Waals surface area contributed by atoms with E-state index >= 15 is 0 Å². The topological polar surface area (TPSA) is 130 Å². The monoisotopic (exact) mass is 578 g/mol. The zero-order valence-corrected chi connectivity index (χ0v) is 22.7. The number of nitrogens with one attached hydrogen (secondary N) is 1. The smallest absolute Gasteiger partial charge is 0.269 e. The molecule has 0 saturated heterocycles. The molecule has 1 N–H and O–H groups in total. The molecule has 3 aromatic rings. The number of halogens is 2. The SMILES string of the molecule is CNC(=O)[C@@H](C)N(Cc1ccc(Cl)cc1Cl)C(=O)CN(c1ccc([N+](=O)[O-])cc1)S(=O)(=O)c1ccccc1. The first-order chi connectivity index (χ1) is 17.9. The van der Waals surface area contributed by atoms with Gasteiger partial charge in [0.25, 0.3) is 15.7 Å². The molecule has 1 atom stereocenters. The molecule has 0 aromatic heterocycles. The molecular weight excluding hydrogens is 555 g/mol. The lowest BCUT2D eigenvalue weighted by molar-refractivity contribution is -0.384. The van der Waals surface area contributed by atoms with Crippen LogP contribution in [0.2, 0.25) is 10.0 Å². The van der Waals surface area contributed by atoms with Gasteiger partial charge in [-0.15, -0.1) is 0 Å². The average molecular weight is 579 g/mol. The number of nitro groups is 1. The van der Waals surface area contributed by atoms with Gasteiger partial charge in [-0.3, -0.25) is 24.0 Å². The fourth-order valence-corrected chi connectivity index (χ4v) is 5.52. The summed E-state index contributed by atoms with van der Waals surface area (Å²) in [6.07, 6.45) is 0. The molecule has 3 rings (SSSR count).